The third kappa shape index (κ3) is 1.96. The molecular formula is C10H14N4O2. The fourth-order valence-corrected chi connectivity index (χ4v) is 1.40. The molecule has 0 aliphatic rings. The van der Waals surface area contributed by atoms with E-state index in [1.165, 1.54) is 4.52 Å². The van der Waals surface area contributed by atoms with E-state index in [1.54, 1.807) is 12.1 Å². The molecule has 16 heavy (non-hydrogen) atoms. The van der Waals surface area contributed by atoms with Crippen LogP contribution in [0.5, 0.6) is 0 Å². The van der Waals surface area contributed by atoms with Crippen LogP contribution in [-0.2, 0) is 6.42 Å². The van der Waals surface area contributed by atoms with Crippen molar-refractivity contribution in [2.75, 3.05) is 0 Å². The molecule has 0 aliphatic carbocycles. The number of aliphatic hydroxyl groups excluding tert-OH is 1. The number of aliphatic hydroxyl groups is 1. The van der Waals surface area contributed by atoms with E-state index in [0.717, 1.165) is 0 Å². The topological polar surface area (TPSA) is 83.3 Å². The number of hydrogen-bond acceptors (Lipinski definition) is 4. The molecule has 0 aliphatic heterocycles. The predicted molar refractivity (Wildman–Crippen MR) is 58.2 cm³/mol. The smallest absolute Gasteiger partial charge is 0.364 e. The number of nitrogens with one attached hydrogen (secondary N) is 1. The molecule has 2 aromatic rings. The van der Waals surface area contributed by atoms with Crippen molar-refractivity contribution < 1.29 is 5.11 Å². The quantitative estimate of drug-likeness (QED) is 0.764. The van der Waals surface area contributed by atoms with E-state index in [0.29, 0.717) is 17.8 Å². The Hall–Kier alpha value is -1.69. The van der Waals surface area contributed by atoms with Gasteiger partial charge in [0.05, 0.1) is 11.8 Å². The first-order valence-electron chi connectivity index (χ1n) is 5.19. The number of nitrogens with zero attached hydrogens (tertiary/aromatic N) is 3. The maximum atomic E-state index is 11.3. The van der Waals surface area contributed by atoms with Gasteiger partial charge in [-0.3, -0.25) is 0 Å². The molecule has 2 aromatic heterocycles. The van der Waals surface area contributed by atoms with Crippen LogP contribution in [0.25, 0.3) is 5.65 Å². The number of hydrogen-bond donors (Lipinski definition) is 2. The second-order valence-electron chi connectivity index (χ2n) is 4.14. The Bertz CT molecular complexity index is 543. The summed E-state index contributed by atoms with van der Waals surface area (Å²) in [4.78, 5) is 11.3. The van der Waals surface area contributed by atoms with Gasteiger partial charge in [0.25, 0.3) is 0 Å². The van der Waals surface area contributed by atoms with Crippen LogP contribution in [0.2, 0.25) is 0 Å². The Morgan fingerprint density at radius 3 is 2.94 bits per heavy atom. The van der Waals surface area contributed by atoms with Crippen molar-refractivity contribution in [3.63, 3.8) is 0 Å². The molecule has 0 bridgehead atoms. The van der Waals surface area contributed by atoms with Gasteiger partial charge in [0.1, 0.15) is 0 Å². The summed E-state index contributed by atoms with van der Waals surface area (Å²) in [6.45, 7) is 3.88. The monoisotopic (exact) mass is 222 g/mol. The van der Waals surface area contributed by atoms with Crippen molar-refractivity contribution in [2.24, 2.45) is 5.92 Å². The van der Waals surface area contributed by atoms with Crippen LogP contribution < -0.4 is 5.69 Å². The van der Waals surface area contributed by atoms with Crippen LogP contribution >= 0.6 is 0 Å². The summed E-state index contributed by atoms with van der Waals surface area (Å²) >= 11 is 0. The van der Waals surface area contributed by atoms with Crippen LogP contribution in [0.1, 0.15) is 19.5 Å². The fourth-order valence-electron chi connectivity index (χ4n) is 1.40. The Labute approximate surface area is 91.9 Å². The van der Waals surface area contributed by atoms with Crippen molar-refractivity contribution in [1.82, 2.24) is 19.8 Å². The Morgan fingerprint density at radius 1 is 1.50 bits per heavy atom. The van der Waals surface area contributed by atoms with Crippen molar-refractivity contribution in [3.8, 4) is 0 Å². The number of fused-ring (bicyclic) bond motifs is 1. The summed E-state index contributed by atoms with van der Waals surface area (Å²) in [5, 5.41) is 19.9. The zero-order valence-electron chi connectivity index (χ0n) is 9.21. The Kier molecular flexibility index (Phi) is 2.74. The molecule has 0 fully saturated rings. The molecule has 0 amide bonds. The first kappa shape index (κ1) is 10.8. The minimum Gasteiger partial charge on any atom is -0.392 e. The van der Waals surface area contributed by atoms with Gasteiger partial charge in [-0.15, -0.1) is 0 Å². The standard InChI is InChI=1S/C10H14N4O2/c1-6(2)8(15)5-7-3-4-9-11-12-10(16)14(9)13-7/h3-4,6,8,15H,5H2,1-2H3,(H,12,16). The van der Waals surface area contributed by atoms with Crippen molar-refractivity contribution in [3.05, 3.63) is 28.3 Å². The summed E-state index contributed by atoms with van der Waals surface area (Å²) in [6, 6.07) is 3.47. The van der Waals surface area contributed by atoms with Gasteiger partial charge in [-0.1, -0.05) is 13.8 Å². The Morgan fingerprint density at radius 2 is 2.25 bits per heavy atom. The zero-order valence-corrected chi connectivity index (χ0v) is 9.21. The van der Waals surface area contributed by atoms with E-state index in [-0.39, 0.29) is 11.6 Å². The first-order valence-corrected chi connectivity index (χ1v) is 5.19. The summed E-state index contributed by atoms with van der Waals surface area (Å²) in [5.74, 6) is 0.165. The number of aromatic nitrogens is 4. The highest BCUT2D eigenvalue weighted by atomic mass is 16.3. The van der Waals surface area contributed by atoms with Crippen molar-refractivity contribution in [2.45, 2.75) is 26.4 Å². The highest BCUT2D eigenvalue weighted by molar-refractivity contribution is 5.34. The average Bonchev–Trinajstić information content (AvgIpc) is 2.60. The van der Waals surface area contributed by atoms with Crippen molar-refractivity contribution >= 4 is 5.65 Å². The Balaban J connectivity index is 2.32. The molecule has 6 heteroatoms. The molecular weight excluding hydrogens is 208 g/mol. The third-order valence-electron chi connectivity index (χ3n) is 2.52. The van der Waals surface area contributed by atoms with Crippen LogP contribution in [0, 0.1) is 5.92 Å². The zero-order chi connectivity index (χ0) is 11.7. The van der Waals surface area contributed by atoms with Gasteiger partial charge in [0.15, 0.2) is 5.65 Å². The minimum absolute atomic E-state index is 0.165. The summed E-state index contributed by atoms with van der Waals surface area (Å²) in [6.07, 6.45) is -0.0156. The van der Waals surface area contributed by atoms with Crippen LogP contribution in [0.4, 0.5) is 0 Å². The average molecular weight is 222 g/mol. The van der Waals surface area contributed by atoms with Crippen LogP contribution in [0.3, 0.4) is 0 Å². The molecule has 0 aromatic carbocycles. The SMILES string of the molecule is CC(C)C(O)Cc1ccc2n[nH]c(=O)n2n1. The molecule has 0 radical (unpaired) electrons. The van der Waals surface area contributed by atoms with Gasteiger partial charge < -0.3 is 5.11 Å². The van der Waals surface area contributed by atoms with Crippen LogP contribution in [0.15, 0.2) is 16.9 Å². The van der Waals surface area contributed by atoms with Gasteiger partial charge in [-0.2, -0.15) is 14.7 Å². The van der Waals surface area contributed by atoms with E-state index in [2.05, 4.69) is 15.3 Å². The molecule has 1 atom stereocenters. The number of aromatic amines is 1. The summed E-state index contributed by atoms with van der Waals surface area (Å²) in [5.41, 5.74) is 0.792. The molecule has 0 saturated carbocycles. The van der Waals surface area contributed by atoms with Gasteiger partial charge in [0.2, 0.25) is 0 Å². The lowest BCUT2D eigenvalue weighted by molar-refractivity contribution is 0.124. The summed E-state index contributed by atoms with van der Waals surface area (Å²) in [7, 11) is 0. The van der Waals surface area contributed by atoms with Gasteiger partial charge in [-0.05, 0) is 18.1 Å². The number of rotatable bonds is 3. The second-order valence-corrected chi connectivity index (χ2v) is 4.14. The summed E-state index contributed by atoms with van der Waals surface area (Å²) < 4.78 is 1.20. The van der Waals surface area contributed by atoms with E-state index in [4.69, 9.17) is 0 Å². The fraction of sp³-hybridized carbons (Fsp3) is 0.500. The van der Waals surface area contributed by atoms with E-state index >= 15 is 0 Å². The lowest BCUT2D eigenvalue weighted by atomic mass is 10.0. The van der Waals surface area contributed by atoms with Gasteiger partial charge in [0, 0.05) is 6.42 Å². The maximum absolute atomic E-state index is 11.3. The molecule has 1 unspecified atom stereocenters. The molecule has 6 nitrogen and oxygen atoms in total. The maximum Gasteiger partial charge on any atom is 0.364 e. The van der Waals surface area contributed by atoms with Gasteiger partial charge in [-0.25, -0.2) is 9.89 Å². The third-order valence-corrected chi connectivity index (χ3v) is 2.52. The lowest BCUT2D eigenvalue weighted by Gasteiger charge is -2.13. The van der Waals surface area contributed by atoms with E-state index in [1.807, 2.05) is 13.8 Å². The van der Waals surface area contributed by atoms with Crippen molar-refractivity contribution in [1.29, 1.82) is 0 Å². The van der Waals surface area contributed by atoms with E-state index < -0.39 is 6.10 Å². The molecule has 0 spiro atoms. The highest BCUT2D eigenvalue weighted by Gasteiger charge is 2.12. The molecule has 86 valence electrons. The second kappa shape index (κ2) is 4.05. The normalized spacial score (nSPS) is 13.5. The largest absolute Gasteiger partial charge is 0.392 e. The first-order chi connectivity index (χ1) is 7.58. The number of H-pyrrole nitrogens is 1. The molecule has 2 N–H and O–H groups in total. The lowest BCUT2D eigenvalue weighted by Crippen LogP contribution is -2.20. The minimum atomic E-state index is -0.451. The molecule has 2 rings (SSSR count). The highest BCUT2D eigenvalue weighted by Crippen LogP contribution is 2.08. The van der Waals surface area contributed by atoms with Gasteiger partial charge >= 0.3 is 5.69 Å². The van der Waals surface area contributed by atoms with E-state index in [9.17, 15) is 9.90 Å². The molecule has 2 heterocycles. The predicted octanol–water partition coefficient (Wildman–Crippen LogP) is -0.0230. The molecule has 0 saturated heterocycles. The van der Waals surface area contributed by atoms with Crippen LogP contribution in [-0.4, -0.2) is 31.0 Å².